The van der Waals surface area contributed by atoms with Gasteiger partial charge in [0.2, 0.25) is 0 Å². The summed E-state index contributed by atoms with van der Waals surface area (Å²) in [5.41, 5.74) is 2.46. The third kappa shape index (κ3) is 6.42. The lowest BCUT2D eigenvalue weighted by atomic mass is 10.1. The molecule has 132 valence electrons. The number of hydrogen-bond acceptors (Lipinski definition) is 3. The van der Waals surface area contributed by atoms with Crippen molar-refractivity contribution in [3.63, 3.8) is 0 Å². The van der Waals surface area contributed by atoms with Crippen molar-refractivity contribution >= 4 is 17.5 Å². The maximum absolute atomic E-state index is 11.7. The van der Waals surface area contributed by atoms with Gasteiger partial charge in [0.1, 0.15) is 5.84 Å². The Labute approximate surface area is 149 Å². The molecule has 0 bridgehead atoms. The van der Waals surface area contributed by atoms with Crippen LogP contribution in [0.3, 0.4) is 0 Å². The molecule has 2 aromatic carbocycles. The number of aliphatic imine (C=N–C) groups is 1. The zero-order valence-electron chi connectivity index (χ0n) is 15.4. The van der Waals surface area contributed by atoms with Crippen LogP contribution in [-0.2, 0) is 11.2 Å². The van der Waals surface area contributed by atoms with E-state index in [0.29, 0.717) is 12.2 Å². The van der Waals surface area contributed by atoms with Gasteiger partial charge in [0.25, 0.3) is 0 Å². The number of carbonyl (C=O) groups is 1. The van der Waals surface area contributed by atoms with E-state index in [0.717, 1.165) is 17.9 Å². The molecule has 0 atom stereocenters. The summed E-state index contributed by atoms with van der Waals surface area (Å²) in [4.78, 5) is 16.5. The molecule has 2 rings (SSSR count). The molecule has 4 nitrogen and oxygen atoms in total. The predicted octanol–water partition coefficient (Wildman–Crippen LogP) is 4.71. The van der Waals surface area contributed by atoms with E-state index in [9.17, 15) is 4.79 Å². The smallest absolute Gasteiger partial charge is 0.338 e. The summed E-state index contributed by atoms with van der Waals surface area (Å²) in [5.74, 6) is 0.588. The minimum absolute atomic E-state index is 0.179. The molecule has 2 aromatic rings. The molecule has 25 heavy (non-hydrogen) atoms. The van der Waals surface area contributed by atoms with Gasteiger partial charge in [0.15, 0.2) is 0 Å². The zero-order valence-corrected chi connectivity index (χ0v) is 15.4. The quantitative estimate of drug-likeness (QED) is 0.488. The standard InChI is InChI=1S/C21H26N2O2/c1-5-25-20(24)17-11-13-18(14-12-17)22-19(23-21(2,3)4)15-16-9-7-6-8-10-16/h6-14H,5,15H2,1-4H3,(H,22,23). The fourth-order valence-corrected chi connectivity index (χ4v) is 2.38. The number of hydrogen-bond donors (Lipinski definition) is 1. The third-order valence-corrected chi connectivity index (χ3v) is 3.37. The maximum atomic E-state index is 11.7. The highest BCUT2D eigenvalue weighted by Crippen LogP contribution is 2.15. The molecular formula is C21H26N2O2. The van der Waals surface area contributed by atoms with Gasteiger partial charge in [-0.05, 0) is 57.5 Å². The molecule has 0 aliphatic heterocycles. The number of carbonyl (C=O) groups excluding carboxylic acids is 1. The first-order valence-electron chi connectivity index (χ1n) is 8.54. The molecule has 0 aromatic heterocycles. The highest BCUT2D eigenvalue weighted by atomic mass is 16.5. The van der Waals surface area contributed by atoms with Crippen LogP contribution in [0.15, 0.2) is 59.6 Å². The van der Waals surface area contributed by atoms with Crippen LogP contribution in [-0.4, -0.2) is 24.0 Å². The molecular weight excluding hydrogens is 312 g/mol. The molecule has 0 aliphatic carbocycles. The molecule has 4 heteroatoms. The summed E-state index contributed by atoms with van der Waals surface area (Å²) in [7, 11) is 0. The molecule has 0 fully saturated rings. The molecule has 0 unspecified atom stereocenters. The van der Waals surface area contributed by atoms with Crippen LogP contribution in [0, 0.1) is 0 Å². The van der Waals surface area contributed by atoms with Crippen LogP contribution in [0.4, 0.5) is 5.69 Å². The van der Waals surface area contributed by atoms with E-state index in [4.69, 9.17) is 9.73 Å². The Morgan fingerprint density at radius 1 is 1.04 bits per heavy atom. The van der Waals surface area contributed by atoms with Crippen molar-refractivity contribution < 1.29 is 9.53 Å². The van der Waals surface area contributed by atoms with E-state index in [1.807, 2.05) is 30.3 Å². The number of benzene rings is 2. The summed E-state index contributed by atoms with van der Waals surface area (Å²) < 4.78 is 5.01. The first-order chi connectivity index (χ1) is 11.9. The Bertz CT molecular complexity index is 714. The normalized spacial score (nSPS) is 11.9. The van der Waals surface area contributed by atoms with Gasteiger partial charge in [-0.15, -0.1) is 0 Å². The fourth-order valence-electron chi connectivity index (χ4n) is 2.38. The summed E-state index contributed by atoms with van der Waals surface area (Å²) in [6, 6.07) is 17.5. The molecule has 0 spiro atoms. The van der Waals surface area contributed by atoms with Crippen molar-refractivity contribution in [2.45, 2.75) is 39.7 Å². The van der Waals surface area contributed by atoms with Crippen molar-refractivity contribution in [1.29, 1.82) is 0 Å². The molecule has 0 amide bonds. The van der Waals surface area contributed by atoms with E-state index in [2.05, 4.69) is 38.2 Å². The van der Waals surface area contributed by atoms with Gasteiger partial charge in [0.05, 0.1) is 17.7 Å². The first kappa shape index (κ1) is 18.7. The lowest BCUT2D eigenvalue weighted by Gasteiger charge is -2.18. The second-order valence-corrected chi connectivity index (χ2v) is 6.81. The molecule has 0 saturated carbocycles. The van der Waals surface area contributed by atoms with Crippen molar-refractivity contribution in [3.8, 4) is 0 Å². The number of ether oxygens (including phenoxy) is 1. The summed E-state index contributed by atoms with van der Waals surface area (Å²) in [6.45, 7) is 8.39. The Balaban J connectivity index is 2.16. The molecule has 1 N–H and O–H groups in total. The number of esters is 1. The molecule has 0 aliphatic rings. The van der Waals surface area contributed by atoms with E-state index in [1.54, 1.807) is 19.1 Å². The van der Waals surface area contributed by atoms with Gasteiger partial charge in [-0.25, -0.2) is 4.79 Å². The highest BCUT2D eigenvalue weighted by molar-refractivity contribution is 5.97. The van der Waals surface area contributed by atoms with Crippen molar-refractivity contribution in [2.24, 2.45) is 4.99 Å². The number of nitrogens with one attached hydrogen (secondary N) is 1. The van der Waals surface area contributed by atoms with Crippen LogP contribution in [0.25, 0.3) is 0 Å². The number of amidine groups is 1. The Kier molecular flexibility index (Phi) is 6.34. The van der Waals surface area contributed by atoms with Crippen LogP contribution < -0.4 is 5.32 Å². The summed E-state index contributed by atoms with van der Waals surface area (Å²) in [5, 5.41) is 3.38. The predicted molar refractivity (Wildman–Crippen MR) is 103 cm³/mol. The average molecular weight is 338 g/mol. The highest BCUT2D eigenvalue weighted by Gasteiger charge is 2.12. The van der Waals surface area contributed by atoms with Gasteiger partial charge < -0.3 is 10.1 Å². The van der Waals surface area contributed by atoms with Gasteiger partial charge in [-0.1, -0.05) is 30.3 Å². The molecule has 0 radical (unpaired) electrons. The maximum Gasteiger partial charge on any atom is 0.338 e. The van der Waals surface area contributed by atoms with E-state index in [-0.39, 0.29) is 11.5 Å². The molecule has 0 saturated heterocycles. The van der Waals surface area contributed by atoms with Gasteiger partial charge in [0, 0.05) is 12.1 Å². The zero-order chi connectivity index (χ0) is 18.3. The van der Waals surface area contributed by atoms with Crippen LogP contribution in [0.1, 0.15) is 43.6 Å². The molecule has 0 heterocycles. The van der Waals surface area contributed by atoms with E-state index in [1.165, 1.54) is 5.56 Å². The summed E-state index contributed by atoms with van der Waals surface area (Å²) in [6.07, 6.45) is 0.720. The topological polar surface area (TPSA) is 50.7 Å². The Morgan fingerprint density at radius 2 is 1.68 bits per heavy atom. The Morgan fingerprint density at radius 3 is 2.24 bits per heavy atom. The summed E-state index contributed by atoms with van der Waals surface area (Å²) >= 11 is 0. The number of rotatable bonds is 5. The van der Waals surface area contributed by atoms with E-state index >= 15 is 0 Å². The Hall–Kier alpha value is -2.62. The van der Waals surface area contributed by atoms with Crippen LogP contribution in [0.5, 0.6) is 0 Å². The largest absolute Gasteiger partial charge is 0.462 e. The number of nitrogens with zero attached hydrogens (tertiary/aromatic N) is 1. The van der Waals surface area contributed by atoms with Gasteiger partial charge in [-0.3, -0.25) is 4.99 Å². The minimum Gasteiger partial charge on any atom is -0.462 e. The average Bonchev–Trinajstić information content (AvgIpc) is 2.55. The van der Waals surface area contributed by atoms with Crippen molar-refractivity contribution in [1.82, 2.24) is 0 Å². The van der Waals surface area contributed by atoms with Crippen molar-refractivity contribution in [2.75, 3.05) is 11.9 Å². The fraction of sp³-hybridized carbons (Fsp3) is 0.333. The second-order valence-electron chi connectivity index (χ2n) is 6.81. The second kappa shape index (κ2) is 8.47. The number of anilines is 1. The minimum atomic E-state index is -0.304. The first-order valence-corrected chi connectivity index (χ1v) is 8.54. The monoisotopic (exact) mass is 338 g/mol. The van der Waals surface area contributed by atoms with Crippen LogP contribution >= 0.6 is 0 Å². The van der Waals surface area contributed by atoms with E-state index < -0.39 is 0 Å². The third-order valence-electron chi connectivity index (χ3n) is 3.37. The lowest BCUT2D eigenvalue weighted by Crippen LogP contribution is -2.22. The van der Waals surface area contributed by atoms with Gasteiger partial charge >= 0.3 is 5.97 Å². The SMILES string of the molecule is CCOC(=O)c1ccc(NC(Cc2ccccc2)=NC(C)(C)C)cc1. The van der Waals surface area contributed by atoms with Crippen molar-refractivity contribution in [3.05, 3.63) is 65.7 Å². The van der Waals surface area contributed by atoms with Crippen LogP contribution in [0.2, 0.25) is 0 Å². The van der Waals surface area contributed by atoms with Gasteiger partial charge in [-0.2, -0.15) is 0 Å². The lowest BCUT2D eigenvalue weighted by molar-refractivity contribution is 0.0526.